The summed E-state index contributed by atoms with van der Waals surface area (Å²) in [5.74, 6) is 0. The molecule has 0 heterocycles. The lowest BCUT2D eigenvalue weighted by Gasteiger charge is -2.41. The Morgan fingerprint density at radius 3 is 2.00 bits per heavy atom. The minimum Gasteiger partial charge on any atom is -0.442 e. The summed E-state index contributed by atoms with van der Waals surface area (Å²) in [6.45, 7) is 5.57. The highest BCUT2D eigenvalue weighted by Crippen LogP contribution is 2.30. The fourth-order valence-electron chi connectivity index (χ4n) is 3.94. The zero-order chi connectivity index (χ0) is 17.2. The Kier molecular flexibility index (Phi) is 8.14. The highest BCUT2D eigenvalue weighted by molar-refractivity contribution is 5.69. The van der Waals surface area contributed by atoms with Crippen molar-refractivity contribution >= 4 is 6.09 Å². The summed E-state index contributed by atoms with van der Waals surface area (Å²) in [5.41, 5.74) is 0. The van der Waals surface area contributed by atoms with E-state index in [9.17, 15) is 4.79 Å². The zero-order valence-corrected chi connectivity index (χ0v) is 15.2. The number of amides is 1. The molecule has 3 nitrogen and oxygen atoms in total. The molecule has 0 bridgehead atoms. The number of allylic oxidation sites excluding steroid dienone is 4. The van der Waals surface area contributed by atoms with Crippen LogP contribution in [0.1, 0.15) is 71.1 Å². The second-order valence-corrected chi connectivity index (χ2v) is 7.09. The van der Waals surface area contributed by atoms with Crippen molar-refractivity contribution in [3.8, 4) is 0 Å². The van der Waals surface area contributed by atoms with E-state index in [0.29, 0.717) is 12.1 Å². The molecule has 0 radical (unpaired) electrons. The molecule has 0 N–H and O–H groups in total. The Morgan fingerprint density at radius 2 is 1.50 bits per heavy atom. The van der Waals surface area contributed by atoms with Crippen LogP contribution in [0.3, 0.4) is 0 Å². The number of carbonyl (C=O) groups is 1. The topological polar surface area (TPSA) is 29.5 Å². The van der Waals surface area contributed by atoms with Gasteiger partial charge in [-0.25, -0.2) is 4.79 Å². The van der Waals surface area contributed by atoms with Crippen molar-refractivity contribution in [3.63, 3.8) is 0 Å². The van der Waals surface area contributed by atoms with Gasteiger partial charge in [0.1, 0.15) is 6.10 Å². The molecule has 3 heteroatoms. The van der Waals surface area contributed by atoms with Crippen LogP contribution in [-0.2, 0) is 4.74 Å². The highest BCUT2D eigenvalue weighted by Gasteiger charge is 2.33. The van der Waals surface area contributed by atoms with Gasteiger partial charge < -0.3 is 9.64 Å². The van der Waals surface area contributed by atoms with E-state index in [4.69, 9.17) is 4.74 Å². The average molecular weight is 332 g/mol. The van der Waals surface area contributed by atoms with E-state index in [1.54, 1.807) is 6.08 Å². The first-order valence-electron chi connectivity index (χ1n) is 9.67. The molecule has 2 rings (SSSR count). The molecule has 1 unspecified atom stereocenters. The lowest BCUT2D eigenvalue weighted by atomic mass is 9.89. The number of hydrogen-bond acceptors (Lipinski definition) is 2. The number of rotatable bonds is 6. The molecular weight excluding hydrogens is 298 g/mol. The van der Waals surface area contributed by atoms with Crippen molar-refractivity contribution in [2.45, 2.75) is 89.3 Å². The number of nitrogens with zero attached hydrogens (tertiary/aromatic N) is 1. The second-order valence-electron chi connectivity index (χ2n) is 7.09. The van der Waals surface area contributed by atoms with E-state index in [1.807, 2.05) is 31.2 Å². The predicted octanol–water partition coefficient (Wildman–Crippen LogP) is 5.78. The molecule has 0 aromatic rings. The normalized spacial score (nSPS) is 21.9. The van der Waals surface area contributed by atoms with Crippen LogP contribution >= 0.6 is 0 Å². The van der Waals surface area contributed by atoms with Gasteiger partial charge in [0.05, 0.1) is 0 Å². The van der Waals surface area contributed by atoms with Crippen LogP contribution in [0.15, 0.2) is 37.0 Å². The average Bonchev–Trinajstić information content (AvgIpc) is 2.61. The summed E-state index contributed by atoms with van der Waals surface area (Å²) in [6, 6.07) is 0.761. The van der Waals surface area contributed by atoms with E-state index in [2.05, 4.69) is 11.5 Å². The third-order valence-corrected chi connectivity index (χ3v) is 5.17. The van der Waals surface area contributed by atoms with Crippen LogP contribution in [0.4, 0.5) is 4.79 Å². The molecule has 2 aliphatic rings. The Morgan fingerprint density at radius 1 is 0.958 bits per heavy atom. The Labute approximate surface area is 147 Å². The molecule has 0 saturated heterocycles. The Balaban J connectivity index is 1.98. The van der Waals surface area contributed by atoms with Crippen LogP contribution < -0.4 is 0 Å². The summed E-state index contributed by atoms with van der Waals surface area (Å²) in [4.78, 5) is 15.0. The zero-order valence-electron chi connectivity index (χ0n) is 15.2. The van der Waals surface area contributed by atoms with Crippen molar-refractivity contribution in [3.05, 3.63) is 37.0 Å². The van der Waals surface area contributed by atoms with E-state index in [0.717, 1.165) is 25.7 Å². The van der Waals surface area contributed by atoms with Crippen molar-refractivity contribution in [1.82, 2.24) is 4.90 Å². The van der Waals surface area contributed by atoms with E-state index in [-0.39, 0.29) is 12.2 Å². The number of ether oxygens (including phenoxy) is 1. The number of carbonyl (C=O) groups excluding carboxylic acids is 1. The second kappa shape index (κ2) is 10.4. The maximum absolute atomic E-state index is 12.9. The summed E-state index contributed by atoms with van der Waals surface area (Å²) >= 11 is 0. The monoisotopic (exact) mass is 331 g/mol. The minimum absolute atomic E-state index is 0.112. The quantitative estimate of drug-likeness (QED) is 0.578. The van der Waals surface area contributed by atoms with Gasteiger partial charge in [0.2, 0.25) is 0 Å². The first-order valence-corrected chi connectivity index (χ1v) is 9.67. The summed E-state index contributed by atoms with van der Waals surface area (Å²) in [7, 11) is 0. The van der Waals surface area contributed by atoms with Gasteiger partial charge in [-0.15, -0.1) is 0 Å². The van der Waals surface area contributed by atoms with Crippen LogP contribution in [0.25, 0.3) is 0 Å². The van der Waals surface area contributed by atoms with Gasteiger partial charge in [-0.2, -0.15) is 0 Å². The van der Waals surface area contributed by atoms with Crippen molar-refractivity contribution in [2.75, 3.05) is 0 Å². The molecular formula is C21H33NO2. The Hall–Kier alpha value is -1.51. The maximum atomic E-state index is 12.9. The fraction of sp³-hybridized carbons (Fsp3) is 0.667. The molecule has 0 spiro atoms. The van der Waals surface area contributed by atoms with Crippen LogP contribution in [0.2, 0.25) is 0 Å². The maximum Gasteiger partial charge on any atom is 0.410 e. The van der Waals surface area contributed by atoms with Crippen molar-refractivity contribution in [1.29, 1.82) is 0 Å². The molecule has 134 valence electrons. The molecule has 24 heavy (non-hydrogen) atoms. The van der Waals surface area contributed by atoms with Crippen molar-refractivity contribution in [2.24, 2.45) is 0 Å². The SMILES string of the molecule is C=C/C=C\C=C\C(C)OC(=O)N(C1CCCCC1)C1CCCCC1. The first kappa shape index (κ1) is 18.8. The molecule has 2 aliphatic carbocycles. The molecule has 2 fully saturated rings. The fourth-order valence-corrected chi connectivity index (χ4v) is 3.94. The van der Waals surface area contributed by atoms with Gasteiger partial charge >= 0.3 is 6.09 Å². The van der Waals surface area contributed by atoms with Crippen LogP contribution in [-0.4, -0.2) is 29.2 Å². The van der Waals surface area contributed by atoms with Gasteiger partial charge in [-0.3, -0.25) is 0 Å². The smallest absolute Gasteiger partial charge is 0.410 e. The summed E-state index contributed by atoms with van der Waals surface area (Å²) in [5, 5.41) is 0. The van der Waals surface area contributed by atoms with Crippen LogP contribution in [0.5, 0.6) is 0 Å². The van der Waals surface area contributed by atoms with Crippen LogP contribution in [0, 0.1) is 0 Å². The molecule has 1 atom stereocenters. The van der Waals surface area contributed by atoms with E-state index < -0.39 is 0 Å². The van der Waals surface area contributed by atoms with Crippen molar-refractivity contribution < 1.29 is 9.53 Å². The van der Waals surface area contributed by atoms with E-state index in [1.165, 1.54) is 38.5 Å². The summed E-state index contributed by atoms with van der Waals surface area (Å²) < 4.78 is 5.74. The lowest BCUT2D eigenvalue weighted by Crippen LogP contribution is -2.49. The minimum atomic E-state index is -0.207. The largest absolute Gasteiger partial charge is 0.442 e. The number of hydrogen-bond donors (Lipinski definition) is 0. The molecule has 0 aliphatic heterocycles. The Bertz CT molecular complexity index is 425. The van der Waals surface area contributed by atoms with Gasteiger partial charge in [0.15, 0.2) is 0 Å². The van der Waals surface area contributed by atoms with Gasteiger partial charge in [-0.05, 0) is 38.7 Å². The molecule has 1 amide bonds. The molecule has 0 aromatic carbocycles. The predicted molar refractivity (Wildman–Crippen MR) is 100 cm³/mol. The standard InChI is InChI=1S/C21H33NO2/c1-3-4-5-8-13-18(2)24-21(23)22(19-14-9-6-10-15-19)20-16-11-7-12-17-20/h3-5,8,13,18-20H,1,6-7,9-12,14-17H2,2H3/b5-4-,13-8+. The van der Waals surface area contributed by atoms with Gasteiger partial charge in [-0.1, -0.05) is 69.4 Å². The highest BCUT2D eigenvalue weighted by atomic mass is 16.6. The third kappa shape index (κ3) is 5.85. The third-order valence-electron chi connectivity index (χ3n) is 5.17. The first-order chi connectivity index (χ1) is 11.7. The van der Waals surface area contributed by atoms with Gasteiger partial charge in [0.25, 0.3) is 0 Å². The summed E-state index contributed by atoms with van der Waals surface area (Å²) in [6.07, 6.45) is 21.1. The van der Waals surface area contributed by atoms with E-state index >= 15 is 0 Å². The lowest BCUT2D eigenvalue weighted by molar-refractivity contribution is 0.0357. The molecule has 0 aromatic heterocycles. The molecule has 2 saturated carbocycles. The van der Waals surface area contributed by atoms with Gasteiger partial charge in [0, 0.05) is 12.1 Å².